The van der Waals surface area contributed by atoms with Gasteiger partial charge in [-0.2, -0.15) is 0 Å². The third kappa shape index (κ3) is 3.12. The number of fused-ring (bicyclic) bond motifs is 1. The van der Waals surface area contributed by atoms with Gasteiger partial charge in [-0.05, 0) is 31.2 Å². The van der Waals surface area contributed by atoms with E-state index in [0.29, 0.717) is 5.71 Å². The predicted molar refractivity (Wildman–Crippen MR) is 82.4 cm³/mol. The van der Waals surface area contributed by atoms with Gasteiger partial charge in [0.25, 0.3) is 0 Å². The third-order valence-corrected chi connectivity index (χ3v) is 3.25. The summed E-state index contributed by atoms with van der Waals surface area (Å²) in [5.41, 5.74) is 1.12. The van der Waals surface area contributed by atoms with Crippen molar-refractivity contribution in [3.8, 4) is 0 Å². The highest BCUT2D eigenvalue weighted by Crippen LogP contribution is 2.14. The summed E-state index contributed by atoms with van der Waals surface area (Å²) in [4.78, 5) is 16.4. The third-order valence-electron chi connectivity index (χ3n) is 3.25. The number of benzene rings is 2. The molecule has 8 heteroatoms. The fourth-order valence-corrected chi connectivity index (χ4v) is 2.14. The molecule has 3 aromatic rings. The highest BCUT2D eigenvalue weighted by molar-refractivity contribution is 5.91. The van der Waals surface area contributed by atoms with Crippen LogP contribution in [0.15, 0.2) is 47.6 Å². The van der Waals surface area contributed by atoms with Crippen molar-refractivity contribution >= 4 is 22.7 Å². The lowest BCUT2D eigenvalue weighted by Crippen LogP contribution is -2.12. The molecule has 0 atom stereocenters. The molecule has 0 saturated carbocycles. The smallest absolute Gasteiger partial charge is 0.313 e. The summed E-state index contributed by atoms with van der Waals surface area (Å²) in [6.07, 6.45) is 0. The zero-order chi connectivity index (χ0) is 17.1. The summed E-state index contributed by atoms with van der Waals surface area (Å²) >= 11 is 0. The first-order valence-corrected chi connectivity index (χ1v) is 7.03. The summed E-state index contributed by atoms with van der Waals surface area (Å²) in [6, 6.07) is 10.4. The second kappa shape index (κ2) is 6.53. The number of hydrogen-bond acceptors (Lipinski definition) is 5. The largest absolute Gasteiger partial charge is 0.371 e. The molecular weight excluding hydrogens is 318 g/mol. The Morgan fingerprint density at radius 2 is 1.88 bits per heavy atom. The predicted octanol–water partition coefficient (Wildman–Crippen LogP) is 2.94. The molecule has 0 aliphatic carbocycles. The number of nitrogens with zero attached hydrogens (tertiary/aromatic N) is 4. The van der Waals surface area contributed by atoms with Gasteiger partial charge in [-0.15, -0.1) is 5.10 Å². The van der Waals surface area contributed by atoms with Crippen molar-refractivity contribution in [3.05, 3.63) is 59.7 Å². The van der Waals surface area contributed by atoms with E-state index in [1.807, 2.05) is 24.3 Å². The van der Waals surface area contributed by atoms with Gasteiger partial charge in [-0.3, -0.25) is 0 Å². The molecule has 0 radical (unpaired) electrons. The fraction of sp³-hybridized carbons (Fsp3) is 0.125. The molecule has 3 rings (SSSR count). The van der Waals surface area contributed by atoms with Crippen LogP contribution in [-0.4, -0.2) is 26.7 Å². The number of carbonyl (C=O) groups excluding carboxylic acids is 1. The minimum atomic E-state index is -1.20. The maximum atomic E-state index is 13.5. The molecule has 0 spiro atoms. The van der Waals surface area contributed by atoms with Crippen LogP contribution in [0.2, 0.25) is 0 Å². The summed E-state index contributed by atoms with van der Waals surface area (Å²) in [5.74, 6) is -3.21. The number of rotatable bonds is 4. The molecule has 0 aliphatic heterocycles. The normalized spacial score (nSPS) is 11.7. The molecule has 0 bridgehead atoms. The maximum Gasteiger partial charge on any atom is 0.371 e. The van der Waals surface area contributed by atoms with Crippen molar-refractivity contribution in [2.75, 3.05) is 0 Å². The van der Waals surface area contributed by atoms with Gasteiger partial charge >= 0.3 is 5.97 Å². The van der Waals surface area contributed by atoms with Crippen LogP contribution in [0.1, 0.15) is 17.3 Å². The second-order valence-corrected chi connectivity index (χ2v) is 5.04. The molecule has 1 heterocycles. The van der Waals surface area contributed by atoms with Crippen LogP contribution in [0.3, 0.4) is 0 Å². The van der Waals surface area contributed by atoms with Crippen molar-refractivity contribution in [1.29, 1.82) is 0 Å². The zero-order valence-corrected chi connectivity index (χ0v) is 12.6. The van der Waals surface area contributed by atoms with Gasteiger partial charge in [0.05, 0.1) is 17.8 Å². The van der Waals surface area contributed by atoms with Gasteiger partial charge in [0.1, 0.15) is 22.7 Å². The highest BCUT2D eigenvalue weighted by Gasteiger charge is 2.19. The second-order valence-electron chi connectivity index (χ2n) is 5.04. The van der Waals surface area contributed by atoms with E-state index < -0.39 is 23.2 Å². The zero-order valence-electron chi connectivity index (χ0n) is 12.6. The molecule has 0 aliphatic rings. The Bertz CT molecular complexity index is 916. The number of hydrogen-bond donors (Lipinski definition) is 0. The van der Waals surface area contributed by atoms with Crippen molar-refractivity contribution in [1.82, 2.24) is 15.0 Å². The van der Waals surface area contributed by atoms with E-state index in [9.17, 15) is 13.6 Å². The van der Waals surface area contributed by atoms with E-state index in [0.717, 1.165) is 29.2 Å². The van der Waals surface area contributed by atoms with E-state index in [1.54, 1.807) is 11.6 Å². The lowest BCUT2D eigenvalue weighted by Gasteiger charge is -2.04. The van der Waals surface area contributed by atoms with E-state index in [4.69, 9.17) is 0 Å². The summed E-state index contributed by atoms with van der Waals surface area (Å²) in [5, 5.41) is 11.6. The van der Waals surface area contributed by atoms with Crippen LogP contribution in [0, 0.1) is 11.6 Å². The van der Waals surface area contributed by atoms with E-state index in [1.165, 1.54) is 0 Å². The minimum Gasteiger partial charge on any atom is -0.313 e. The lowest BCUT2D eigenvalue weighted by atomic mass is 10.2. The van der Waals surface area contributed by atoms with Crippen LogP contribution >= 0.6 is 0 Å². The van der Waals surface area contributed by atoms with Crippen LogP contribution < -0.4 is 0 Å². The molecule has 2 aromatic carbocycles. The molecule has 24 heavy (non-hydrogen) atoms. The van der Waals surface area contributed by atoms with E-state index >= 15 is 0 Å². The molecule has 0 N–H and O–H groups in total. The monoisotopic (exact) mass is 330 g/mol. The average molecular weight is 330 g/mol. The quantitative estimate of drug-likeness (QED) is 0.419. The standard InChI is InChI=1S/C16H12F2N4O2/c1-10(9-22-14-8-3-2-7-13(14)19-21-22)20-24-16(23)15-11(17)5-4-6-12(15)18/h2-8H,9H2,1H3/b20-10+. The highest BCUT2D eigenvalue weighted by atomic mass is 19.1. The number of aromatic nitrogens is 3. The van der Waals surface area contributed by atoms with E-state index in [-0.39, 0.29) is 6.54 Å². The van der Waals surface area contributed by atoms with Gasteiger partial charge in [0.15, 0.2) is 0 Å². The van der Waals surface area contributed by atoms with Gasteiger partial charge in [0, 0.05) is 0 Å². The summed E-state index contributed by atoms with van der Waals surface area (Å²) in [6.45, 7) is 1.81. The summed E-state index contributed by atoms with van der Waals surface area (Å²) < 4.78 is 28.6. The average Bonchev–Trinajstić information content (AvgIpc) is 2.96. The van der Waals surface area contributed by atoms with Crippen LogP contribution in [-0.2, 0) is 11.4 Å². The first-order valence-electron chi connectivity index (χ1n) is 7.03. The topological polar surface area (TPSA) is 69.4 Å². The summed E-state index contributed by atoms with van der Waals surface area (Å²) in [7, 11) is 0. The lowest BCUT2D eigenvalue weighted by molar-refractivity contribution is 0.0503. The van der Waals surface area contributed by atoms with Gasteiger partial charge in [-0.1, -0.05) is 28.6 Å². The first kappa shape index (κ1) is 15.7. The Morgan fingerprint density at radius 1 is 1.17 bits per heavy atom. The molecule has 0 amide bonds. The van der Waals surface area contributed by atoms with Gasteiger partial charge < -0.3 is 4.84 Å². The van der Waals surface area contributed by atoms with Gasteiger partial charge in [0.2, 0.25) is 0 Å². The van der Waals surface area contributed by atoms with Crippen molar-refractivity contribution in [2.45, 2.75) is 13.5 Å². The number of oxime groups is 1. The molecule has 1 aromatic heterocycles. The Kier molecular flexibility index (Phi) is 4.28. The van der Waals surface area contributed by atoms with Crippen molar-refractivity contribution < 1.29 is 18.4 Å². The molecule has 122 valence electrons. The number of halogens is 2. The maximum absolute atomic E-state index is 13.5. The molecule has 6 nitrogen and oxygen atoms in total. The van der Waals surface area contributed by atoms with E-state index in [2.05, 4.69) is 20.3 Å². The molecule has 0 unspecified atom stereocenters. The Labute approximate surface area is 135 Å². The van der Waals surface area contributed by atoms with Crippen molar-refractivity contribution in [2.24, 2.45) is 5.16 Å². The Morgan fingerprint density at radius 3 is 2.62 bits per heavy atom. The molecule has 0 fully saturated rings. The fourth-order valence-electron chi connectivity index (χ4n) is 2.14. The first-order chi connectivity index (χ1) is 11.6. The van der Waals surface area contributed by atoms with Crippen molar-refractivity contribution in [3.63, 3.8) is 0 Å². The Hall–Kier alpha value is -3.16. The Balaban J connectivity index is 1.74. The molecular formula is C16H12F2N4O2. The van der Waals surface area contributed by atoms with Crippen LogP contribution in [0.25, 0.3) is 11.0 Å². The number of para-hydroxylation sites is 1. The number of carbonyl (C=O) groups is 1. The van der Waals surface area contributed by atoms with Crippen LogP contribution in [0.4, 0.5) is 8.78 Å². The van der Waals surface area contributed by atoms with Gasteiger partial charge in [-0.25, -0.2) is 18.3 Å². The molecule has 0 saturated heterocycles. The SMILES string of the molecule is C/C(Cn1nnc2ccccc21)=N\OC(=O)c1c(F)cccc1F. The minimum absolute atomic E-state index is 0.216. The van der Waals surface area contributed by atoms with Crippen LogP contribution in [0.5, 0.6) is 0 Å².